The second-order valence-corrected chi connectivity index (χ2v) is 6.39. The first kappa shape index (κ1) is 11.9. The van der Waals surface area contributed by atoms with E-state index in [0.717, 1.165) is 16.6 Å². The van der Waals surface area contributed by atoms with Gasteiger partial charge in [0.05, 0.1) is 22.3 Å². The van der Waals surface area contributed by atoms with Gasteiger partial charge >= 0.3 is 0 Å². The molecule has 3 rings (SSSR count). The quantitative estimate of drug-likeness (QED) is 0.780. The Kier molecular flexibility index (Phi) is 2.64. The third kappa shape index (κ3) is 2.13. The van der Waals surface area contributed by atoms with Crippen LogP contribution >= 0.6 is 0 Å². The van der Waals surface area contributed by atoms with Crippen LogP contribution < -0.4 is 0 Å². The van der Waals surface area contributed by atoms with Gasteiger partial charge in [0.2, 0.25) is 0 Å². The largest absolute Gasteiger partial charge is 0.345 e. The summed E-state index contributed by atoms with van der Waals surface area (Å²) >= 11 is 0. The van der Waals surface area contributed by atoms with Crippen LogP contribution in [0.2, 0.25) is 0 Å². The molecule has 0 aliphatic rings. The molecule has 3 aromatic rings. The lowest BCUT2D eigenvalue weighted by Crippen LogP contribution is -1.99. The lowest BCUT2D eigenvalue weighted by molar-refractivity contribution is 0.602. The first-order valence-corrected chi connectivity index (χ1v) is 7.67. The number of sulfone groups is 1. The molecule has 0 saturated carbocycles. The average Bonchev–Trinajstić information content (AvgIpc) is 2.85. The molecule has 1 aromatic heterocycles. The predicted octanol–water partition coefficient (Wildman–Crippen LogP) is 2.63. The van der Waals surface area contributed by atoms with Gasteiger partial charge in [-0.1, -0.05) is 24.3 Å². The number of fused-ring (bicyclic) bond motifs is 1. The van der Waals surface area contributed by atoms with Crippen LogP contribution in [0, 0.1) is 0 Å². The molecule has 0 fully saturated rings. The molecule has 0 radical (unpaired) electrons. The summed E-state index contributed by atoms with van der Waals surface area (Å²) in [6.45, 7) is 0. The smallest absolute Gasteiger partial charge is 0.176 e. The maximum Gasteiger partial charge on any atom is 0.176 e. The molecule has 0 spiro atoms. The van der Waals surface area contributed by atoms with Gasteiger partial charge in [0.25, 0.3) is 0 Å². The predicted molar refractivity (Wildman–Crippen MR) is 74.6 cm³/mol. The van der Waals surface area contributed by atoms with Crippen molar-refractivity contribution in [1.29, 1.82) is 0 Å². The highest BCUT2D eigenvalue weighted by Crippen LogP contribution is 2.28. The number of nitrogens with zero attached hydrogens (tertiary/aromatic N) is 1. The SMILES string of the molecule is CS(=O)(=O)c1ccccc1-c1ccc2nc[nH]c2c1. The number of H-pyrrole nitrogens is 1. The first-order valence-electron chi connectivity index (χ1n) is 5.78. The Balaban J connectivity index is 2.27. The number of hydrogen-bond donors (Lipinski definition) is 1. The van der Waals surface area contributed by atoms with Crippen molar-refractivity contribution >= 4 is 20.9 Å². The Hall–Kier alpha value is -2.14. The van der Waals surface area contributed by atoms with Crippen molar-refractivity contribution < 1.29 is 8.42 Å². The summed E-state index contributed by atoms with van der Waals surface area (Å²) in [5.41, 5.74) is 3.32. The summed E-state index contributed by atoms with van der Waals surface area (Å²) in [5.74, 6) is 0. The molecule has 0 atom stereocenters. The molecule has 1 heterocycles. The van der Waals surface area contributed by atoms with E-state index >= 15 is 0 Å². The summed E-state index contributed by atoms with van der Waals surface area (Å²) in [7, 11) is -3.25. The molecule has 0 saturated heterocycles. The van der Waals surface area contributed by atoms with Crippen LogP contribution in [-0.4, -0.2) is 24.6 Å². The normalized spacial score (nSPS) is 11.8. The highest BCUT2D eigenvalue weighted by molar-refractivity contribution is 7.90. The van der Waals surface area contributed by atoms with E-state index in [-0.39, 0.29) is 0 Å². The molecule has 0 unspecified atom stereocenters. The lowest BCUT2D eigenvalue weighted by Gasteiger charge is -2.07. The lowest BCUT2D eigenvalue weighted by atomic mass is 10.1. The minimum absolute atomic E-state index is 0.342. The van der Waals surface area contributed by atoms with Crippen LogP contribution in [0.25, 0.3) is 22.2 Å². The maximum atomic E-state index is 11.8. The van der Waals surface area contributed by atoms with Crippen LogP contribution in [0.3, 0.4) is 0 Å². The van der Waals surface area contributed by atoms with Crippen molar-refractivity contribution in [2.75, 3.05) is 6.26 Å². The van der Waals surface area contributed by atoms with Crippen LogP contribution in [0.5, 0.6) is 0 Å². The van der Waals surface area contributed by atoms with Crippen LogP contribution in [-0.2, 0) is 9.84 Å². The third-order valence-electron chi connectivity index (χ3n) is 3.02. The average molecular weight is 272 g/mol. The molecule has 5 heteroatoms. The van der Waals surface area contributed by atoms with E-state index in [1.807, 2.05) is 30.3 Å². The molecule has 0 amide bonds. The minimum Gasteiger partial charge on any atom is -0.345 e. The van der Waals surface area contributed by atoms with Crippen molar-refractivity contribution in [3.8, 4) is 11.1 Å². The van der Waals surface area contributed by atoms with E-state index in [2.05, 4.69) is 9.97 Å². The zero-order valence-corrected chi connectivity index (χ0v) is 11.1. The molecular formula is C14H12N2O2S. The van der Waals surface area contributed by atoms with Crippen molar-refractivity contribution in [2.45, 2.75) is 4.90 Å². The summed E-state index contributed by atoms with van der Waals surface area (Å²) in [6.07, 6.45) is 2.84. The Morgan fingerprint density at radius 3 is 2.68 bits per heavy atom. The highest BCUT2D eigenvalue weighted by atomic mass is 32.2. The number of rotatable bonds is 2. The molecular weight excluding hydrogens is 260 g/mol. The second-order valence-electron chi connectivity index (χ2n) is 4.40. The van der Waals surface area contributed by atoms with E-state index in [1.54, 1.807) is 18.5 Å². The molecule has 0 aliphatic heterocycles. The molecule has 96 valence electrons. The first-order chi connectivity index (χ1) is 9.05. The standard InChI is InChI=1S/C14H12N2O2S/c1-19(17,18)14-5-3-2-4-11(14)10-6-7-12-13(8-10)16-9-15-12/h2-9H,1H3,(H,15,16). The topological polar surface area (TPSA) is 62.8 Å². The Bertz CT molecular complexity index is 851. The molecule has 2 aromatic carbocycles. The van der Waals surface area contributed by atoms with Crippen molar-refractivity contribution in [2.24, 2.45) is 0 Å². The number of imidazole rings is 1. The van der Waals surface area contributed by atoms with Crippen LogP contribution in [0.4, 0.5) is 0 Å². The van der Waals surface area contributed by atoms with Crippen molar-refractivity contribution in [3.05, 3.63) is 48.8 Å². The molecule has 0 bridgehead atoms. The summed E-state index contributed by atoms with van der Waals surface area (Å²) in [5, 5.41) is 0. The van der Waals surface area contributed by atoms with Gasteiger partial charge in [0, 0.05) is 11.8 Å². The third-order valence-corrected chi connectivity index (χ3v) is 4.17. The zero-order chi connectivity index (χ0) is 13.5. The van der Waals surface area contributed by atoms with E-state index in [9.17, 15) is 8.42 Å². The van der Waals surface area contributed by atoms with Gasteiger partial charge in [-0.3, -0.25) is 0 Å². The van der Waals surface area contributed by atoms with Gasteiger partial charge in [-0.05, 0) is 23.8 Å². The Morgan fingerprint density at radius 2 is 1.89 bits per heavy atom. The molecule has 1 N–H and O–H groups in total. The van der Waals surface area contributed by atoms with E-state index < -0.39 is 9.84 Å². The van der Waals surface area contributed by atoms with Crippen molar-refractivity contribution in [1.82, 2.24) is 9.97 Å². The number of hydrogen-bond acceptors (Lipinski definition) is 3. The number of nitrogens with one attached hydrogen (secondary N) is 1. The van der Waals surface area contributed by atoms with E-state index in [4.69, 9.17) is 0 Å². The van der Waals surface area contributed by atoms with Gasteiger partial charge in [-0.15, -0.1) is 0 Å². The fraction of sp³-hybridized carbons (Fsp3) is 0.0714. The van der Waals surface area contributed by atoms with Gasteiger partial charge < -0.3 is 4.98 Å². The fourth-order valence-electron chi connectivity index (χ4n) is 2.13. The monoisotopic (exact) mass is 272 g/mol. The molecule has 0 aliphatic carbocycles. The van der Waals surface area contributed by atoms with Crippen molar-refractivity contribution in [3.63, 3.8) is 0 Å². The van der Waals surface area contributed by atoms with E-state index in [0.29, 0.717) is 10.5 Å². The van der Waals surface area contributed by atoms with Gasteiger partial charge in [0.1, 0.15) is 0 Å². The fourth-order valence-corrected chi connectivity index (χ4v) is 3.04. The second kappa shape index (κ2) is 4.20. The number of benzene rings is 2. The summed E-state index contributed by atoms with van der Waals surface area (Å²) in [6, 6.07) is 12.7. The highest BCUT2D eigenvalue weighted by Gasteiger charge is 2.14. The summed E-state index contributed by atoms with van der Waals surface area (Å²) < 4.78 is 23.6. The Morgan fingerprint density at radius 1 is 1.11 bits per heavy atom. The number of aromatic nitrogens is 2. The van der Waals surface area contributed by atoms with Gasteiger partial charge in [0.15, 0.2) is 9.84 Å². The summed E-state index contributed by atoms with van der Waals surface area (Å²) in [4.78, 5) is 7.52. The van der Waals surface area contributed by atoms with Gasteiger partial charge in [-0.25, -0.2) is 13.4 Å². The van der Waals surface area contributed by atoms with Gasteiger partial charge in [-0.2, -0.15) is 0 Å². The molecule has 19 heavy (non-hydrogen) atoms. The molecule has 4 nitrogen and oxygen atoms in total. The minimum atomic E-state index is -3.25. The zero-order valence-electron chi connectivity index (χ0n) is 10.3. The van der Waals surface area contributed by atoms with Crippen LogP contribution in [0.15, 0.2) is 53.7 Å². The number of aromatic amines is 1. The maximum absolute atomic E-state index is 11.8. The van der Waals surface area contributed by atoms with E-state index in [1.165, 1.54) is 6.26 Å². The van der Waals surface area contributed by atoms with Crippen LogP contribution in [0.1, 0.15) is 0 Å². The Labute approximate surface area is 111 Å².